The first kappa shape index (κ1) is 45.2. The Morgan fingerprint density at radius 3 is 1.07 bits per heavy atom. The Labute approximate surface area is 288 Å². The predicted octanol–water partition coefficient (Wildman–Crippen LogP) is 13.3. The van der Waals surface area contributed by atoms with Crippen LogP contribution in [0.3, 0.4) is 0 Å². The first-order valence-electron chi connectivity index (χ1n) is 20.8. The minimum atomic E-state index is -0.409. The number of carbonyl (C=O) groups excluding carboxylic acids is 1. The molecule has 0 unspecified atom stereocenters. The molecule has 276 valence electrons. The Bertz CT molecular complexity index is 573. The molecule has 0 aromatic carbocycles. The van der Waals surface area contributed by atoms with Gasteiger partial charge in [0.15, 0.2) is 0 Å². The molecule has 0 heterocycles. The van der Waals surface area contributed by atoms with Crippen molar-refractivity contribution in [2.45, 2.75) is 225 Å². The zero-order valence-corrected chi connectivity index (χ0v) is 31.7. The lowest BCUT2D eigenvalue weighted by Gasteiger charge is -2.18. The van der Waals surface area contributed by atoms with Gasteiger partial charge < -0.3 is 19.5 Å². The molecule has 0 radical (unpaired) electrons. The molecule has 5 heteroatoms. The lowest BCUT2D eigenvalue weighted by molar-refractivity contribution is -0.0466. The minimum Gasteiger partial charge on any atom is -0.447 e. The van der Waals surface area contributed by atoms with Crippen LogP contribution in [0.4, 0.5) is 4.79 Å². The van der Waals surface area contributed by atoms with Gasteiger partial charge in [-0.1, -0.05) is 206 Å². The molecule has 1 atom stereocenters. The molecule has 1 N–H and O–H groups in total. The summed E-state index contributed by atoms with van der Waals surface area (Å²) in [5.74, 6) is 0. The number of ether oxygens (including phenoxy) is 3. The molecule has 0 aliphatic rings. The predicted molar refractivity (Wildman–Crippen MR) is 200 cm³/mol. The van der Waals surface area contributed by atoms with Crippen LogP contribution in [0.2, 0.25) is 0 Å². The number of hydrogen-bond acceptors (Lipinski definition) is 4. The van der Waals surface area contributed by atoms with Gasteiger partial charge in [-0.05, 0) is 12.8 Å². The van der Waals surface area contributed by atoms with Crippen LogP contribution in [0, 0.1) is 0 Å². The van der Waals surface area contributed by atoms with Gasteiger partial charge in [0.1, 0.15) is 12.7 Å². The average molecular weight is 654 g/mol. The Hall–Kier alpha value is -0.810. The number of alkyl carbamates (subject to hydrolysis) is 1. The van der Waals surface area contributed by atoms with Gasteiger partial charge in [0.05, 0.1) is 6.61 Å². The maximum atomic E-state index is 11.6. The van der Waals surface area contributed by atoms with Crippen LogP contribution in [0.15, 0.2) is 0 Å². The quantitative estimate of drug-likeness (QED) is 0.0671. The third-order valence-corrected chi connectivity index (χ3v) is 9.40. The fourth-order valence-corrected chi connectivity index (χ4v) is 6.25. The van der Waals surface area contributed by atoms with Crippen molar-refractivity contribution in [3.05, 3.63) is 0 Å². The lowest BCUT2D eigenvalue weighted by Crippen LogP contribution is -2.30. The molecule has 0 spiro atoms. The topological polar surface area (TPSA) is 56.8 Å². The van der Waals surface area contributed by atoms with Gasteiger partial charge >= 0.3 is 6.09 Å². The Morgan fingerprint density at radius 2 is 0.739 bits per heavy atom. The van der Waals surface area contributed by atoms with Gasteiger partial charge in [0.2, 0.25) is 0 Å². The third-order valence-electron chi connectivity index (χ3n) is 9.40. The number of unbranched alkanes of at least 4 members (excludes halogenated alkanes) is 30. The lowest BCUT2D eigenvalue weighted by atomic mass is 10.0. The van der Waals surface area contributed by atoms with E-state index in [-0.39, 0.29) is 12.7 Å². The second-order valence-electron chi connectivity index (χ2n) is 14.0. The number of carbonyl (C=O) groups is 1. The zero-order valence-electron chi connectivity index (χ0n) is 31.7. The Morgan fingerprint density at radius 1 is 0.435 bits per heavy atom. The van der Waals surface area contributed by atoms with E-state index in [1.165, 1.54) is 193 Å². The van der Waals surface area contributed by atoms with Crippen molar-refractivity contribution in [1.82, 2.24) is 5.32 Å². The van der Waals surface area contributed by atoms with Crippen molar-refractivity contribution < 1.29 is 19.0 Å². The van der Waals surface area contributed by atoms with Gasteiger partial charge in [-0.25, -0.2) is 4.79 Å². The average Bonchev–Trinajstić information content (AvgIpc) is 3.07. The maximum Gasteiger partial charge on any atom is 0.406 e. The number of hydrogen-bond donors (Lipinski definition) is 1. The molecule has 46 heavy (non-hydrogen) atoms. The van der Waals surface area contributed by atoms with Gasteiger partial charge in [0.25, 0.3) is 0 Å². The van der Waals surface area contributed by atoms with Crippen molar-refractivity contribution in [2.75, 3.05) is 33.5 Å². The van der Waals surface area contributed by atoms with E-state index < -0.39 is 6.09 Å². The highest BCUT2D eigenvalue weighted by atomic mass is 16.6. The van der Waals surface area contributed by atoms with Crippen LogP contribution in [0.5, 0.6) is 0 Å². The molecule has 0 aliphatic carbocycles. The molecule has 0 aliphatic heterocycles. The summed E-state index contributed by atoms with van der Waals surface area (Å²) in [7, 11) is 1.59. The fraction of sp³-hybridized carbons (Fsp3) is 0.976. The molecule has 0 saturated heterocycles. The van der Waals surface area contributed by atoms with E-state index >= 15 is 0 Å². The van der Waals surface area contributed by atoms with Crippen LogP contribution < -0.4 is 5.32 Å². The zero-order chi connectivity index (χ0) is 33.4. The van der Waals surface area contributed by atoms with E-state index in [1.807, 2.05) is 0 Å². The van der Waals surface area contributed by atoms with Crippen LogP contribution in [-0.4, -0.2) is 45.7 Å². The Kier molecular flexibility index (Phi) is 39.7. The molecule has 0 saturated carbocycles. The molecule has 0 bridgehead atoms. The number of rotatable bonds is 39. The molecule has 0 rings (SSSR count). The third kappa shape index (κ3) is 37.6. The van der Waals surface area contributed by atoms with Crippen molar-refractivity contribution in [1.29, 1.82) is 0 Å². The normalized spacial score (nSPS) is 12.1. The minimum absolute atomic E-state index is 0.185. The summed E-state index contributed by atoms with van der Waals surface area (Å²) in [6, 6.07) is 0. The summed E-state index contributed by atoms with van der Waals surface area (Å²) in [5, 5.41) is 2.52. The van der Waals surface area contributed by atoms with E-state index in [0.29, 0.717) is 13.2 Å². The van der Waals surface area contributed by atoms with E-state index in [1.54, 1.807) is 7.05 Å². The first-order valence-corrected chi connectivity index (χ1v) is 20.8. The molecule has 1 amide bonds. The highest BCUT2D eigenvalue weighted by molar-refractivity contribution is 5.66. The summed E-state index contributed by atoms with van der Waals surface area (Å²) < 4.78 is 17.3. The largest absolute Gasteiger partial charge is 0.447 e. The first-order chi connectivity index (χ1) is 22.7. The van der Waals surface area contributed by atoms with Gasteiger partial charge in [-0.15, -0.1) is 0 Å². The van der Waals surface area contributed by atoms with Gasteiger partial charge in [-0.3, -0.25) is 0 Å². The number of nitrogens with one attached hydrogen (secondary N) is 1. The fourth-order valence-electron chi connectivity index (χ4n) is 6.25. The summed E-state index contributed by atoms with van der Waals surface area (Å²) >= 11 is 0. The van der Waals surface area contributed by atoms with Crippen LogP contribution in [0.1, 0.15) is 219 Å². The number of amides is 1. The van der Waals surface area contributed by atoms with Gasteiger partial charge in [-0.2, -0.15) is 0 Å². The monoisotopic (exact) mass is 654 g/mol. The second kappa shape index (κ2) is 40.4. The molecule has 0 aromatic rings. The van der Waals surface area contributed by atoms with Crippen molar-refractivity contribution in [2.24, 2.45) is 0 Å². The summed E-state index contributed by atoms with van der Waals surface area (Å²) in [6.07, 6.45) is 43.3. The summed E-state index contributed by atoms with van der Waals surface area (Å²) in [5.41, 5.74) is 0. The Balaban J connectivity index is 3.60. The van der Waals surface area contributed by atoms with Gasteiger partial charge in [0, 0.05) is 20.3 Å². The van der Waals surface area contributed by atoms with E-state index in [0.717, 1.165) is 19.4 Å². The second-order valence-corrected chi connectivity index (χ2v) is 14.0. The molecule has 5 nitrogen and oxygen atoms in total. The van der Waals surface area contributed by atoms with E-state index in [2.05, 4.69) is 19.2 Å². The van der Waals surface area contributed by atoms with E-state index in [4.69, 9.17) is 14.2 Å². The van der Waals surface area contributed by atoms with Crippen molar-refractivity contribution in [3.8, 4) is 0 Å². The van der Waals surface area contributed by atoms with Crippen molar-refractivity contribution in [3.63, 3.8) is 0 Å². The highest BCUT2D eigenvalue weighted by Crippen LogP contribution is 2.15. The molecule has 0 aromatic heterocycles. The van der Waals surface area contributed by atoms with E-state index in [9.17, 15) is 4.79 Å². The summed E-state index contributed by atoms with van der Waals surface area (Å²) in [4.78, 5) is 11.6. The van der Waals surface area contributed by atoms with Crippen LogP contribution in [-0.2, 0) is 14.2 Å². The molecule has 0 fully saturated rings. The smallest absolute Gasteiger partial charge is 0.406 e. The maximum absolute atomic E-state index is 11.6. The van der Waals surface area contributed by atoms with Crippen LogP contribution in [0.25, 0.3) is 0 Å². The van der Waals surface area contributed by atoms with Crippen LogP contribution >= 0.6 is 0 Å². The molecular weight excluding hydrogens is 570 g/mol. The highest BCUT2D eigenvalue weighted by Gasteiger charge is 2.12. The summed E-state index contributed by atoms with van der Waals surface area (Å²) in [6.45, 7) is 6.79. The van der Waals surface area contributed by atoms with Crippen molar-refractivity contribution >= 4 is 6.09 Å². The molecular formula is C41H83NO4. The SMILES string of the molecule is CCCCCCCCCCCCCCCCCCOC[C@H](COC(=O)NC)OCCCCCCCCCCCCCCCCCC. The standard InChI is InChI=1S/C41H83NO4/c1-4-6-8-10-12-14-16-18-20-22-24-26-28-30-32-34-36-44-38-40(39-46-41(43)42-3)45-37-35-33-31-29-27-25-23-21-19-17-15-13-11-9-7-5-2/h40H,4-39H2,1-3H3,(H,42,43)/t40-/m1/s1.